The first-order valence-corrected chi connectivity index (χ1v) is 8.02. The number of urea groups is 1. The van der Waals surface area contributed by atoms with Crippen molar-refractivity contribution in [2.45, 2.75) is 52.2 Å². The lowest BCUT2D eigenvalue weighted by Crippen LogP contribution is -2.37. The third-order valence-corrected chi connectivity index (χ3v) is 4.18. The Morgan fingerprint density at radius 1 is 1.39 bits per heavy atom. The van der Waals surface area contributed by atoms with Crippen molar-refractivity contribution in [3.63, 3.8) is 0 Å². The van der Waals surface area contributed by atoms with Crippen LogP contribution in [0.25, 0.3) is 0 Å². The molecule has 0 saturated heterocycles. The minimum Gasteiger partial charge on any atom is -0.334 e. The molecule has 122 valence electrons. The summed E-state index contributed by atoms with van der Waals surface area (Å²) in [6.45, 7) is 5.25. The van der Waals surface area contributed by atoms with E-state index in [0.717, 1.165) is 48.7 Å². The van der Waals surface area contributed by atoms with E-state index >= 15 is 0 Å². The van der Waals surface area contributed by atoms with Crippen molar-refractivity contribution in [2.75, 3.05) is 0 Å². The van der Waals surface area contributed by atoms with Gasteiger partial charge >= 0.3 is 6.03 Å². The largest absolute Gasteiger partial charge is 0.334 e. The number of nitrogens with zero attached hydrogens (tertiary/aromatic N) is 4. The minimum atomic E-state index is -0.214. The first-order chi connectivity index (χ1) is 11.1. The van der Waals surface area contributed by atoms with E-state index in [1.165, 1.54) is 0 Å². The predicted octanol–water partition coefficient (Wildman–Crippen LogP) is 1.88. The van der Waals surface area contributed by atoms with Crippen LogP contribution in [0.3, 0.4) is 0 Å². The zero-order valence-corrected chi connectivity index (χ0v) is 13.5. The maximum Gasteiger partial charge on any atom is 0.315 e. The van der Waals surface area contributed by atoms with Gasteiger partial charge in [0.2, 0.25) is 0 Å². The zero-order chi connectivity index (χ0) is 16.2. The molecule has 2 N–H and O–H groups in total. The fraction of sp³-hybridized carbons (Fsp3) is 0.500. The minimum absolute atomic E-state index is 0.177. The summed E-state index contributed by atoms with van der Waals surface area (Å²) in [7, 11) is 0. The van der Waals surface area contributed by atoms with Gasteiger partial charge in [-0.25, -0.2) is 4.79 Å². The Morgan fingerprint density at radius 2 is 2.26 bits per heavy atom. The first-order valence-electron chi connectivity index (χ1n) is 8.02. The van der Waals surface area contributed by atoms with Crippen LogP contribution in [0.4, 0.5) is 4.79 Å². The number of amides is 2. The molecule has 3 heterocycles. The molecule has 0 aromatic carbocycles. The second-order valence-electron chi connectivity index (χ2n) is 5.88. The van der Waals surface area contributed by atoms with E-state index in [2.05, 4.69) is 30.4 Å². The Labute approximate surface area is 135 Å². The van der Waals surface area contributed by atoms with E-state index in [0.29, 0.717) is 6.54 Å². The maximum absolute atomic E-state index is 12.1. The Hall–Kier alpha value is -2.44. The summed E-state index contributed by atoms with van der Waals surface area (Å²) in [6, 6.07) is 3.44. The molecule has 3 rings (SSSR count). The Morgan fingerprint density at radius 3 is 3.09 bits per heavy atom. The molecule has 1 unspecified atom stereocenters. The summed E-state index contributed by atoms with van der Waals surface area (Å²) in [4.78, 5) is 16.3. The summed E-state index contributed by atoms with van der Waals surface area (Å²) >= 11 is 0. The van der Waals surface area contributed by atoms with E-state index < -0.39 is 0 Å². The number of fused-ring (bicyclic) bond motifs is 1. The van der Waals surface area contributed by atoms with Gasteiger partial charge in [-0.1, -0.05) is 6.07 Å². The smallest absolute Gasteiger partial charge is 0.315 e. The number of hydrogen-bond donors (Lipinski definition) is 2. The average Bonchev–Trinajstić information content (AvgIpc) is 2.98. The van der Waals surface area contributed by atoms with E-state index in [-0.39, 0.29) is 12.1 Å². The number of pyridine rings is 1. The Balaban J connectivity index is 1.57. The third kappa shape index (κ3) is 3.49. The van der Waals surface area contributed by atoms with E-state index in [4.69, 9.17) is 0 Å². The molecular formula is C16H22N6O. The fourth-order valence-electron chi connectivity index (χ4n) is 2.84. The van der Waals surface area contributed by atoms with Crippen molar-refractivity contribution in [1.82, 2.24) is 30.4 Å². The summed E-state index contributed by atoms with van der Waals surface area (Å²) in [5.74, 6) is 1.85. The normalized spacial score (nSPS) is 14.9. The molecule has 7 heteroatoms. The number of carbonyl (C=O) groups is 1. The molecule has 0 radical (unpaired) electrons. The number of rotatable bonds is 4. The quantitative estimate of drug-likeness (QED) is 0.902. The lowest BCUT2D eigenvalue weighted by molar-refractivity contribution is 0.236. The number of carbonyl (C=O) groups excluding carboxylic acids is 1. The van der Waals surface area contributed by atoms with Crippen LogP contribution in [0.1, 0.15) is 48.7 Å². The van der Waals surface area contributed by atoms with Crippen LogP contribution in [-0.4, -0.2) is 25.8 Å². The number of aromatic nitrogens is 4. The molecule has 2 aromatic heterocycles. The molecule has 0 bridgehead atoms. The van der Waals surface area contributed by atoms with Crippen molar-refractivity contribution < 1.29 is 4.79 Å². The highest BCUT2D eigenvalue weighted by atomic mass is 16.2. The summed E-state index contributed by atoms with van der Waals surface area (Å²) in [6.07, 6.45) is 5.00. The Kier molecular flexibility index (Phi) is 4.55. The van der Waals surface area contributed by atoms with E-state index in [1.54, 1.807) is 6.20 Å². The topological polar surface area (TPSA) is 84.7 Å². The van der Waals surface area contributed by atoms with Crippen LogP contribution < -0.4 is 10.6 Å². The van der Waals surface area contributed by atoms with Crippen molar-refractivity contribution >= 4 is 6.03 Å². The molecule has 1 aliphatic heterocycles. The lowest BCUT2D eigenvalue weighted by Gasteiger charge is -2.19. The number of nitrogens with one attached hydrogen (secondary N) is 2. The number of aryl methyl sites for hydroxylation is 2. The highest BCUT2D eigenvalue weighted by Gasteiger charge is 2.21. The molecule has 0 spiro atoms. The molecular weight excluding hydrogens is 292 g/mol. The van der Waals surface area contributed by atoms with Crippen LogP contribution in [0.2, 0.25) is 0 Å². The van der Waals surface area contributed by atoms with Gasteiger partial charge in [-0.05, 0) is 38.3 Å². The molecule has 0 aliphatic carbocycles. The van der Waals surface area contributed by atoms with Gasteiger partial charge in [-0.15, -0.1) is 10.2 Å². The first kappa shape index (κ1) is 15.5. The van der Waals surface area contributed by atoms with Gasteiger partial charge in [-0.3, -0.25) is 4.98 Å². The van der Waals surface area contributed by atoms with E-state index in [1.807, 2.05) is 26.0 Å². The average molecular weight is 314 g/mol. The summed E-state index contributed by atoms with van der Waals surface area (Å²) in [5.41, 5.74) is 1.93. The van der Waals surface area contributed by atoms with Gasteiger partial charge in [0.15, 0.2) is 5.82 Å². The second kappa shape index (κ2) is 6.76. The molecule has 1 atom stereocenters. The Bertz CT molecular complexity index is 696. The molecule has 7 nitrogen and oxygen atoms in total. The van der Waals surface area contributed by atoms with Gasteiger partial charge in [0, 0.05) is 31.4 Å². The van der Waals surface area contributed by atoms with Crippen LogP contribution in [-0.2, 0) is 19.5 Å². The highest BCUT2D eigenvalue weighted by Crippen LogP contribution is 2.18. The lowest BCUT2D eigenvalue weighted by atomic mass is 10.1. The third-order valence-electron chi connectivity index (χ3n) is 4.18. The van der Waals surface area contributed by atoms with Gasteiger partial charge in [0.05, 0.1) is 6.04 Å². The monoisotopic (exact) mass is 314 g/mol. The molecule has 0 fully saturated rings. The summed E-state index contributed by atoms with van der Waals surface area (Å²) in [5, 5.41) is 14.3. The zero-order valence-electron chi connectivity index (χ0n) is 13.5. The van der Waals surface area contributed by atoms with Crippen molar-refractivity contribution in [3.05, 3.63) is 41.2 Å². The molecule has 1 aliphatic rings. The highest BCUT2D eigenvalue weighted by molar-refractivity contribution is 5.74. The summed E-state index contributed by atoms with van der Waals surface area (Å²) < 4.78 is 2.12. The van der Waals surface area contributed by atoms with Gasteiger partial charge < -0.3 is 15.2 Å². The molecule has 0 saturated carbocycles. The maximum atomic E-state index is 12.1. The van der Waals surface area contributed by atoms with Crippen molar-refractivity contribution in [1.29, 1.82) is 0 Å². The SMILES string of the molecule is Cc1ncccc1CNC(=O)NC(C)c1nnc2n1CCCC2. The van der Waals surface area contributed by atoms with Crippen LogP contribution in [0.15, 0.2) is 18.3 Å². The van der Waals surface area contributed by atoms with Gasteiger partial charge in [0.1, 0.15) is 5.82 Å². The molecule has 23 heavy (non-hydrogen) atoms. The van der Waals surface area contributed by atoms with Crippen LogP contribution in [0, 0.1) is 6.92 Å². The fourth-order valence-corrected chi connectivity index (χ4v) is 2.84. The molecule has 2 aromatic rings. The van der Waals surface area contributed by atoms with Gasteiger partial charge in [0.25, 0.3) is 0 Å². The second-order valence-corrected chi connectivity index (χ2v) is 5.88. The van der Waals surface area contributed by atoms with Crippen LogP contribution >= 0.6 is 0 Å². The van der Waals surface area contributed by atoms with Gasteiger partial charge in [-0.2, -0.15) is 0 Å². The van der Waals surface area contributed by atoms with E-state index in [9.17, 15) is 4.79 Å². The number of hydrogen-bond acceptors (Lipinski definition) is 4. The van der Waals surface area contributed by atoms with Crippen molar-refractivity contribution in [3.8, 4) is 0 Å². The predicted molar refractivity (Wildman–Crippen MR) is 85.7 cm³/mol. The van der Waals surface area contributed by atoms with Crippen molar-refractivity contribution in [2.24, 2.45) is 0 Å². The van der Waals surface area contributed by atoms with Crippen LogP contribution in [0.5, 0.6) is 0 Å². The molecule has 2 amide bonds. The standard InChI is InChI=1S/C16H22N6O/c1-11-13(6-5-8-17-11)10-18-16(23)19-12(2)15-21-20-14-7-3-4-9-22(14)15/h5-6,8,12H,3-4,7,9-10H2,1-2H3,(H2,18,19,23).